The van der Waals surface area contributed by atoms with Crippen molar-refractivity contribution in [1.29, 1.82) is 0 Å². The van der Waals surface area contributed by atoms with E-state index in [9.17, 15) is 4.79 Å². The first-order valence-corrected chi connectivity index (χ1v) is 8.60. The number of hydrogen-bond acceptors (Lipinski definition) is 6. The van der Waals surface area contributed by atoms with Gasteiger partial charge in [-0.25, -0.2) is 14.8 Å². The van der Waals surface area contributed by atoms with E-state index in [2.05, 4.69) is 16.9 Å². The van der Waals surface area contributed by atoms with Crippen LogP contribution in [-0.2, 0) is 4.74 Å². The SMILES string of the molecule is CCCCCCCCSc1ncc(C(=O)OCC)c(N)n1. The van der Waals surface area contributed by atoms with Crippen LogP contribution in [0.2, 0.25) is 0 Å². The minimum atomic E-state index is -0.470. The summed E-state index contributed by atoms with van der Waals surface area (Å²) in [7, 11) is 0. The third-order valence-electron chi connectivity index (χ3n) is 3.02. The zero-order chi connectivity index (χ0) is 15.5. The van der Waals surface area contributed by atoms with Crippen molar-refractivity contribution in [3.8, 4) is 0 Å². The lowest BCUT2D eigenvalue weighted by atomic mass is 10.1. The molecule has 1 aromatic rings. The maximum absolute atomic E-state index is 11.6. The Hall–Kier alpha value is -1.30. The molecule has 1 aromatic heterocycles. The molecule has 0 aliphatic rings. The number of carbonyl (C=O) groups excluding carboxylic acids is 1. The molecule has 0 aromatic carbocycles. The van der Waals surface area contributed by atoms with Crippen LogP contribution in [0.25, 0.3) is 0 Å². The number of hydrogen-bond donors (Lipinski definition) is 1. The van der Waals surface area contributed by atoms with Gasteiger partial charge in [0.1, 0.15) is 11.4 Å². The van der Waals surface area contributed by atoms with Crippen molar-refractivity contribution in [2.75, 3.05) is 18.1 Å². The van der Waals surface area contributed by atoms with Crippen LogP contribution in [0.4, 0.5) is 5.82 Å². The lowest BCUT2D eigenvalue weighted by Crippen LogP contribution is -2.10. The highest BCUT2D eigenvalue weighted by molar-refractivity contribution is 7.99. The third kappa shape index (κ3) is 6.80. The number of anilines is 1. The smallest absolute Gasteiger partial charge is 0.343 e. The Morgan fingerprint density at radius 2 is 1.95 bits per heavy atom. The second-order valence-corrected chi connectivity index (χ2v) is 5.85. The summed E-state index contributed by atoms with van der Waals surface area (Å²) in [5.41, 5.74) is 6.01. The summed E-state index contributed by atoms with van der Waals surface area (Å²) < 4.78 is 4.89. The molecule has 21 heavy (non-hydrogen) atoms. The van der Waals surface area contributed by atoms with Crippen molar-refractivity contribution in [3.63, 3.8) is 0 Å². The molecule has 0 radical (unpaired) electrons. The molecule has 0 saturated heterocycles. The van der Waals surface area contributed by atoms with E-state index in [1.807, 2.05) is 0 Å². The van der Waals surface area contributed by atoms with Crippen LogP contribution < -0.4 is 5.73 Å². The van der Waals surface area contributed by atoms with Gasteiger partial charge in [-0.2, -0.15) is 0 Å². The van der Waals surface area contributed by atoms with Gasteiger partial charge in [-0.05, 0) is 13.3 Å². The average Bonchev–Trinajstić information content (AvgIpc) is 2.46. The number of carbonyl (C=O) groups is 1. The topological polar surface area (TPSA) is 78.1 Å². The zero-order valence-electron chi connectivity index (χ0n) is 12.9. The molecule has 0 fully saturated rings. The highest BCUT2D eigenvalue weighted by Gasteiger charge is 2.13. The molecule has 0 saturated carbocycles. The number of unbranched alkanes of at least 4 members (excludes halogenated alkanes) is 5. The first kappa shape index (κ1) is 17.8. The molecular formula is C15H25N3O2S. The fourth-order valence-electron chi connectivity index (χ4n) is 1.86. The number of nitrogens with zero attached hydrogens (tertiary/aromatic N) is 2. The fraction of sp³-hybridized carbons (Fsp3) is 0.667. The van der Waals surface area contributed by atoms with E-state index in [0.717, 1.165) is 12.2 Å². The van der Waals surface area contributed by atoms with Crippen LogP contribution in [0.1, 0.15) is 62.7 Å². The van der Waals surface area contributed by atoms with Gasteiger partial charge in [-0.15, -0.1) is 0 Å². The van der Waals surface area contributed by atoms with E-state index >= 15 is 0 Å². The maximum atomic E-state index is 11.6. The highest BCUT2D eigenvalue weighted by atomic mass is 32.2. The molecule has 1 heterocycles. The molecule has 1 rings (SSSR count). The van der Waals surface area contributed by atoms with Gasteiger partial charge in [-0.1, -0.05) is 50.8 Å². The summed E-state index contributed by atoms with van der Waals surface area (Å²) in [6.07, 6.45) is 9.04. The number of aromatic nitrogens is 2. The molecule has 5 nitrogen and oxygen atoms in total. The van der Waals surface area contributed by atoms with E-state index in [1.165, 1.54) is 38.3 Å². The van der Waals surface area contributed by atoms with Gasteiger partial charge >= 0.3 is 5.97 Å². The molecule has 0 amide bonds. The Morgan fingerprint density at radius 1 is 1.24 bits per heavy atom. The lowest BCUT2D eigenvalue weighted by molar-refractivity contribution is 0.0526. The second kappa shape index (κ2) is 10.4. The van der Waals surface area contributed by atoms with E-state index in [-0.39, 0.29) is 11.4 Å². The van der Waals surface area contributed by atoms with Crippen molar-refractivity contribution in [2.24, 2.45) is 0 Å². The van der Waals surface area contributed by atoms with Crippen molar-refractivity contribution in [3.05, 3.63) is 11.8 Å². The van der Waals surface area contributed by atoms with Crippen LogP contribution in [0.15, 0.2) is 11.4 Å². The van der Waals surface area contributed by atoms with E-state index in [4.69, 9.17) is 10.5 Å². The monoisotopic (exact) mass is 311 g/mol. The highest BCUT2D eigenvalue weighted by Crippen LogP contribution is 2.19. The first-order chi connectivity index (χ1) is 10.2. The van der Waals surface area contributed by atoms with Crippen LogP contribution in [0.3, 0.4) is 0 Å². The van der Waals surface area contributed by atoms with Gasteiger partial charge in [0.05, 0.1) is 6.61 Å². The standard InChI is InChI=1S/C15H25N3O2S/c1-3-5-6-7-8-9-10-21-15-17-11-12(13(16)18-15)14(19)20-4-2/h11H,3-10H2,1-2H3,(H2,16,17,18). The molecule has 0 aliphatic heterocycles. The van der Waals surface area contributed by atoms with E-state index < -0.39 is 5.97 Å². The van der Waals surface area contributed by atoms with E-state index in [1.54, 1.807) is 18.7 Å². The van der Waals surface area contributed by atoms with Crippen LogP contribution in [0.5, 0.6) is 0 Å². The molecule has 2 N–H and O–H groups in total. The Morgan fingerprint density at radius 3 is 2.62 bits per heavy atom. The first-order valence-electron chi connectivity index (χ1n) is 7.61. The van der Waals surface area contributed by atoms with E-state index in [0.29, 0.717) is 11.8 Å². The Bertz CT molecular complexity index is 441. The number of thioether (sulfide) groups is 1. The molecule has 0 spiro atoms. The van der Waals surface area contributed by atoms with Crippen molar-refractivity contribution >= 4 is 23.5 Å². The fourth-order valence-corrected chi connectivity index (χ4v) is 2.68. The van der Waals surface area contributed by atoms with Gasteiger partial charge in [0, 0.05) is 11.9 Å². The summed E-state index contributed by atoms with van der Waals surface area (Å²) in [4.78, 5) is 19.9. The molecule has 0 bridgehead atoms. The average molecular weight is 311 g/mol. The summed E-state index contributed by atoms with van der Waals surface area (Å²) in [6, 6.07) is 0. The largest absolute Gasteiger partial charge is 0.462 e. The summed E-state index contributed by atoms with van der Waals surface area (Å²) >= 11 is 1.58. The van der Waals surface area contributed by atoms with Crippen molar-refractivity contribution < 1.29 is 9.53 Å². The third-order valence-corrected chi connectivity index (χ3v) is 3.97. The van der Waals surface area contributed by atoms with Gasteiger partial charge in [0.15, 0.2) is 5.16 Å². The summed E-state index contributed by atoms with van der Waals surface area (Å²) in [5, 5.41) is 0.620. The van der Waals surface area contributed by atoms with Crippen molar-refractivity contribution in [1.82, 2.24) is 9.97 Å². The van der Waals surface area contributed by atoms with Crippen molar-refractivity contribution in [2.45, 2.75) is 57.5 Å². The number of ether oxygens (including phenoxy) is 1. The maximum Gasteiger partial charge on any atom is 0.343 e. The molecule has 0 aliphatic carbocycles. The Kier molecular flexibility index (Phi) is 8.82. The number of nitrogens with two attached hydrogens (primary N) is 1. The van der Waals surface area contributed by atoms with Gasteiger partial charge in [0.25, 0.3) is 0 Å². The quantitative estimate of drug-likeness (QED) is 0.307. The molecule has 118 valence electrons. The summed E-state index contributed by atoms with van der Waals surface area (Å²) in [5.74, 6) is 0.695. The number of rotatable bonds is 10. The molecular weight excluding hydrogens is 286 g/mol. The van der Waals surface area contributed by atoms with Gasteiger partial charge in [0.2, 0.25) is 0 Å². The van der Waals surface area contributed by atoms with Crippen LogP contribution in [0, 0.1) is 0 Å². The Labute approximate surface area is 131 Å². The molecule has 6 heteroatoms. The normalized spacial score (nSPS) is 10.6. The Balaban J connectivity index is 2.33. The molecule has 0 unspecified atom stereocenters. The second-order valence-electron chi connectivity index (χ2n) is 4.79. The summed E-state index contributed by atoms with van der Waals surface area (Å²) in [6.45, 7) is 4.28. The minimum Gasteiger partial charge on any atom is -0.462 e. The predicted molar refractivity (Wildman–Crippen MR) is 86.5 cm³/mol. The number of nitrogen functional groups attached to an aromatic ring is 1. The minimum absolute atomic E-state index is 0.189. The van der Waals surface area contributed by atoms with Crippen LogP contribution >= 0.6 is 11.8 Å². The lowest BCUT2D eigenvalue weighted by Gasteiger charge is -2.06. The van der Waals surface area contributed by atoms with Gasteiger partial charge < -0.3 is 10.5 Å². The number of esters is 1. The van der Waals surface area contributed by atoms with Gasteiger partial charge in [-0.3, -0.25) is 0 Å². The zero-order valence-corrected chi connectivity index (χ0v) is 13.7. The molecule has 0 atom stereocenters. The van der Waals surface area contributed by atoms with Crippen LogP contribution in [-0.4, -0.2) is 28.3 Å². The predicted octanol–water partition coefficient (Wildman–Crippen LogP) is 3.69.